The predicted molar refractivity (Wildman–Crippen MR) is 175 cm³/mol. The molecule has 0 bridgehead atoms. The number of hydrogen-bond donors (Lipinski definition) is 0. The summed E-state index contributed by atoms with van der Waals surface area (Å²) < 4.78 is 31.9. The molecule has 0 amide bonds. The lowest BCUT2D eigenvalue weighted by molar-refractivity contribution is -0.0717. The molecule has 3 aliphatic heterocycles. The van der Waals surface area contributed by atoms with E-state index in [1.165, 1.54) is 7.11 Å². The number of esters is 1. The zero-order valence-corrected chi connectivity index (χ0v) is 27.5. The Morgan fingerprint density at radius 3 is 2.68 bits per heavy atom. The first-order valence-electron chi connectivity index (χ1n) is 16.3. The molecule has 1 saturated carbocycles. The van der Waals surface area contributed by atoms with Gasteiger partial charge in [0.1, 0.15) is 22.8 Å². The first kappa shape index (κ1) is 30.3. The minimum absolute atomic E-state index is 0.100. The van der Waals surface area contributed by atoms with Crippen LogP contribution in [0.2, 0.25) is 5.02 Å². The van der Waals surface area contributed by atoms with Gasteiger partial charge in [0.2, 0.25) is 0 Å². The summed E-state index contributed by atoms with van der Waals surface area (Å²) in [6.45, 7) is 5.70. The first-order valence-corrected chi connectivity index (χ1v) is 16.6. The molecule has 5 heterocycles. The van der Waals surface area contributed by atoms with E-state index in [9.17, 15) is 4.79 Å². The highest BCUT2D eigenvalue weighted by molar-refractivity contribution is 6.30. The number of pyridine rings is 1. The van der Waals surface area contributed by atoms with Crippen LogP contribution in [-0.4, -0.2) is 77.5 Å². The van der Waals surface area contributed by atoms with Crippen LogP contribution in [0.1, 0.15) is 54.5 Å². The van der Waals surface area contributed by atoms with Crippen molar-refractivity contribution in [1.82, 2.24) is 19.4 Å². The lowest BCUT2D eigenvalue weighted by Crippen LogP contribution is -2.64. The van der Waals surface area contributed by atoms with Crippen molar-refractivity contribution in [3.63, 3.8) is 0 Å². The average molecular weight is 660 g/mol. The van der Waals surface area contributed by atoms with Gasteiger partial charge in [0.05, 0.1) is 55.2 Å². The largest absolute Gasteiger partial charge is 0.494 e. The van der Waals surface area contributed by atoms with Crippen molar-refractivity contribution in [1.29, 1.82) is 0 Å². The van der Waals surface area contributed by atoms with E-state index in [0.29, 0.717) is 53.0 Å². The molecule has 0 spiro atoms. The molecule has 4 atom stereocenters. The summed E-state index contributed by atoms with van der Waals surface area (Å²) in [5, 5.41) is 0.565. The third-order valence-corrected chi connectivity index (χ3v) is 10.3. The summed E-state index contributed by atoms with van der Waals surface area (Å²) >= 11 is 6.09. The van der Waals surface area contributed by atoms with Crippen LogP contribution >= 0.6 is 11.6 Å². The SMILES string of the molecule is COC(=O)c1cc(OC)c2nc(CN3CCN(c4cccc5c4OC(C)(c4ccc(Cl)cn4)O5)[C@@H]4CC[C@H]43)n(C[C@@H]3CCCO3)c2c1. The van der Waals surface area contributed by atoms with Gasteiger partial charge in [-0.05, 0) is 62.1 Å². The minimum atomic E-state index is -1.04. The summed E-state index contributed by atoms with van der Waals surface area (Å²) in [5.41, 5.74) is 3.74. The van der Waals surface area contributed by atoms with Crippen molar-refractivity contribution in [3.8, 4) is 17.2 Å². The van der Waals surface area contributed by atoms with Gasteiger partial charge in [-0.25, -0.2) is 9.78 Å². The third kappa shape index (κ3) is 5.25. The highest BCUT2D eigenvalue weighted by Crippen LogP contribution is 2.51. The topological polar surface area (TPSA) is 100 Å². The second kappa shape index (κ2) is 11.9. The van der Waals surface area contributed by atoms with Crippen molar-refractivity contribution in [3.05, 3.63) is 70.8 Å². The fraction of sp³-hybridized carbons (Fsp3) is 0.457. The third-order valence-electron chi connectivity index (χ3n) is 10.1. The van der Waals surface area contributed by atoms with Crippen molar-refractivity contribution in [2.45, 2.75) is 69.7 Å². The van der Waals surface area contributed by atoms with Gasteiger partial charge in [-0.1, -0.05) is 17.7 Å². The van der Waals surface area contributed by atoms with E-state index in [0.717, 1.165) is 73.7 Å². The van der Waals surface area contributed by atoms with E-state index >= 15 is 0 Å². The number of aromatic nitrogens is 3. The molecule has 4 aromatic rings. The smallest absolute Gasteiger partial charge is 0.338 e. The van der Waals surface area contributed by atoms with Crippen LogP contribution in [0.25, 0.3) is 11.0 Å². The van der Waals surface area contributed by atoms with E-state index in [2.05, 4.69) is 25.4 Å². The van der Waals surface area contributed by atoms with Crippen molar-refractivity contribution >= 4 is 34.3 Å². The fourth-order valence-corrected chi connectivity index (χ4v) is 7.65. The van der Waals surface area contributed by atoms with Gasteiger partial charge in [0, 0.05) is 44.9 Å². The highest BCUT2D eigenvalue weighted by atomic mass is 35.5. The zero-order valence-electron chi connectivity index (χ0n) is 26.8. The number of imidazole rings is 1. The van der Waals surface area contributed by atoms with E-state index in [-0.39, 0.29) is 6.10 Å². The van der Waals surface area contributed by atoms with Crippen molar-refractivity contribution in [2.24, 2.45) is 0 Å². The minimum Gasteiger partial charge on any atom is -0.494 e. The molecule has 2 aromatic heterocycles. The van der Waals surface area contributed by atoms with Crippen molar-refractivity contribution in [2.75, 3.05) is 38.8 Å². The lowest BCUT2D eigenvalue weighted by Gasteiger charge is -2.54. The maximum Gasteiger partial charge on any atom is 0.338 e. The van der Waals surface area contributed by atoms with Crippen LogP contribution in [0.4, 0.5) is 5.69 Å². The summed E-state index contributed by atoms with van der Waals surface area (Å²) in [6, 6.07) is 14.0. The van der Waals surface area contributed by atoms with E-state index in [1.54, 1.807) is 25.4 Å². The predicted octanol–water partition coefficient (Wildman–Crippen LogP) is 5.56. The van der Waals surface area contributed by atoms with Gasteiger partial charge in [-0.2, -0.15) is 0 Å². The van der Waals surface area contributed by atoms with Crippen LogP contribution in [0.15, 0.2) is 48.7 Å². The Kier molecular flexibility index (Phi) is 7.65. The van der Waals surface area contributed by atoms with Crippen LogP contribution in [0.3, 0.4) is 0 Å². The Labute approximate surface area is 278 Å². The van der Waals surface area contributed by atoms with Crippen LogP contribution in [0, 0.1) is 0 Å². The standard InChI is InChI=1S/C35H38ClN5O6/c1-35(30-12-9-22(36)18-37-30)46-28-8-4-7-26(33(28)47-35)40-14-13-39(24-10-11-25(24)40)20-31-38-32-27(41(31)19-23-6-5-15-45-23)16-21(34(42)44-3)17-29(32)43-2/h4,7-9,12,16-18,23-25H,5-6,10-11,13-15,19-20H2,1-3H3/t23-,24+,25+,35?/m0/s1. The van der Waals surface area contributed by atoms with Gasteiger partial charge in [0.15, 0.2) is 11.5 Å². The van der Waals surface area contributed by atoms with E-state index in [1.807, 2.05) is 31.2 Å². The molecule has 0 radical (unpaired) electrons. The number of rotatable bonds is 8. The molecule has 2 aromatic carbocycles. The number of ether oxygens (including phenoxy) is 5. The Morgan fingerprint density at radius 1 is 1.09 bits per heavy atom. The number of carbonyl (C=O) groups excluding carboxylic acids is 1. The van der Waals surface area contributed by atoms with Gasteiger partial charge in [0.25, 0.3) is 5.79 Å². The summed E-state index contributed by atoms with van der Waals surface area (Å²) in [6.07, 6.45) is 5.94. The Morgan fingerprint density at radius 2 is 1.96 bits per heavy atom. The van der Waals surface area contributed by atoms with Gasteiger partial charge < -0.3 is 33.2 Å². The summed E-state index contributed by atoms with van der Waals surface area (Å²) in [5.74, 6) is 1.51. The molecule has 246 valence electrons. The number of methoxy groups -OCH3 is 2. The number of hydrogen-bond acceptors (Lipinski definition) is 10. The molecule has 2 saturated heterocycles. The Bertz CT molecular complexity index is 1830. The van der Waals surface area contributed by atoms with E-state index in [4.69, 9.17) is 40.3 Å². The molecular formula is C35H38ClN5O6. The molecule has 0 N–H and O–H groups in total. The quantitative estimate of drug-likeness (QED) is 0.224. The zero-order chi connectivity index (χ0) is 32.3. The monoisotopic (exact) mass is 659 g/mol. The maximum atomic E-state index is 12.6. The normalized spacial score (nSPS) is 25.1. The molecule has 1 unspecified atom stereocenters. The van der Waals surface area contributed by atoms with Crippen molar-refractivity contribution < 1.29 is 28.5 Å². The number of anilines is 1. The number of carbonyl (C=O) groups is 1. The average Bonchev–Trinajstić information content (AvgIpc) is 3.79. The van der Waals surface area contributed by atoms with E-state index < -0.39 is 11.8 Å². The number of piperazine rings is 1. The number of fused-ring (bicyclic) bond motifs is 3. The van der Waals surface area contributed by atoms with Gasteiger partial charge in [-0.3, -0.25) is 9.88 Å². The number of benzene rings is 2. The van der Waals surface area contributed by atoms with Gasteiger partial charge >= 0.3 is 5.97 Å². The molecule has 11 nitrogen and oxygen atoms in total. The second-order valence-electron chi connectivity index (χ2n) is 12.8. The maximum absolute atomic E-state index is 12.6. The second-order valence-corrected chi connectivity index (χ2v) is 13.2. The van der Waals surface area contributed by atoms with Crippen LogP contribution in [0.5, 0.6) is 17.2 Å². The highest BCUT2D eigenvalue weighted by Gasteiger charge is 2.47. The summed E-state index contributed by atoms with van der Waals surface area (Å²) in [4.78, 5) is 27.2. The fourth-order valence-electron chi connectivity index (χ4n) is 7.53. The Hall–Kier alpha value is -4.06. The molecule has 12 heteroatoms. The summed E-state index contributed by atoms with van der Waals surface area (Å²) in [7, 11) is 3.00. The van der Waals surface area contributed by atoms with Gasteiger partial charge in [-0.15, -0.1) is 0 Å². The Balaban J connectivity index is 1.07. The first-order chi connectivity index (χ1) is 22.8. The van der Waals surface area contributed by atoms with Crippen LogP contribution in [-0.2, 0) is 28.4 Å². The number of para-hydroxylation sites is 1. The van der Waals surface area contributed by atoms with Crippen LogP contribution < -0.4 is 19.1 Å². The number of nitrogens with zero attached hydrogens (tertiary/aromatic N) is 5. The lowest BCUT2D eigenvalue weighted by atomic mass is 9.81. The molecular weight excluding hydrogens is 622 g/mol. The number of halogens is 1. The molecule has 1 aliphatic carbocycles. The molecule has 3 fully saturated rings. The molecule has 4 aliphatic rings. The molecule has 47 heavy (non-hydrogen) atoms. The molecule has 8 rings (SSSR count).